The van der Waals surface area contributed by atoms with Crippen molar-refractivity contribution in [3.05, 3.63) is 47.4 Å². The fourth-order valence-corrected chi connectivity index (χ4v) is 8.26. The number of aromatic amines is 2. The molecule has 1 atom stereocenters. The van der Waals surface area contributed by atoms with Gasteiger partial charge in [0.15, 0.2) is 5.16 Å². The standard InChI is InChI=1S/C22H22N4O2S3/c1-10-6-7-12-14(8-10)31-20-17(12)18(27)23-15(24-20)9-29-22-25-19(28)16-11-4-2-3-5-13(11)30-21(16)26-22/h10H,2-9H2,1H3,(H,23,24,27)(H,25,26,28). The summed E-state index contributed by atoms with van der Waals surface area (Å²) in [6.45, 7) is 2.27. The third kappa shape index (κ3) is 3.37. The highest BCUT2D eigenvalue weighted by molar-refractivity contribution is 7.98. The van der Waals surface area contributed by atoms with Gasteiger partial charge in [0.2, 0.25) is 0 Å². The van der Waals surface area contributed by atoms with E-state index in [4.69, 9.17) is 9.97 Å². The molecule has 0 spiro atoms. The molecule has 0 saturated carbocycles. The van der Waals surface area contributed by atoms with Crippen molar-refractivity contribution in [2.45, 2.75) is 62.8 Å². The lowest BCUT2D eigenvalue weighted by atomic mass is 9.89. The van der Waals surface area contributed by atoms with E-state index in [0.29, 0.717) is 22.7 Å². The van der Waals surface area contributed by atoms with Crippen molar-refractivity contribution in [3.8, 4) is 0 Å². The van der Waals surface area contributed by atoms with Gasteiger partial charge < -0.3 is 9.97 Å². The van der Waals surface area contributed by atoms with Crippen molar-refractivity contribution < 1.29 is 0 Å². The molecule has 4 aromatic rings. The Kier molecular flexibility index (Phi) is 4.81. The van der Waals surface area contributed by atoms with Gasteiger partial charge in [0.05, 0.1) is 16.5 Å². The van der Waals surface area contributed by atoms with Crippen LogP contribution >= 0.6 is 34.4 Å². The number of hydrogen-bond acceptors (Lipinski definition) is 7. The van der Waals surface area contributed by atoms with E-state index in [1.54, 1.807) is 22.7 Å². The van der Waals surface area contributed by atoms with Gasteiger partial charge in [-0.3, -0.25) is 9.59 Å². The van der Waals surface area contributed by atoms with Crippen molar-refractivity contribution in [1.82, 2.24) is 19.9 Å². The Balaban J connectivity index is 1.30. The molecule has 1 unspecified atom stereocenters. The molecular weight excluding hydrogens is 448 g/mol. The highest BCUT2D eigenvalue weighted by Crippen LogP contribution is 2.36. The molecule has 4 heterocycles. The highest BCUT2D eigenvalue weighted by atomic mass is 32.2. The van der Waals surface area contributed by atoms with Crippen molar-refractivity contribution in [1.29, 1.82) is 0 Å². The molecule has 160 valence electrons. The Morgan fingerprint density at radius 1 is 0.935 bits per heavy atom. The van der Waals surface area contributed by atoms with Crippen molar-refractivity contribution >= 4 is 54.9 Å². The van der Waals surface area contributed by atoms with Crippen LogP contribution in [0.3, 0.4) is 0 Å². The minimum Gasteiger partial charge on any atom is -0.309 e. The minimum atomic E-state index is -0.0520. The summed E-state index contributed by atoms with van der Waals surface area (Å²) in [5.74, 6) is 1.75. The summed E-state index contributed by atoms with van der Waals surface area (Å²) in [7, 11) is 0. The molecule has 4 aromatic heterocycles. The molecule has 2 N–H and O–H groups in total. The Morgan fingerprint density at radius 2 is 1.65 bits per heavy atom. The second-order valence-corrected chi connectivity index (χ2v) is 11.7. The number of thioether (sulfide) groups is 1. The summed E-state index contributed by atoms with van der Waals surface area (Å²) in [4.78, 5) is 45.2. The first-order valence-corrected chi connectivity index (χ1v) is 13.4. The first-order valence-electron chi connectivity index (χ1n) is 10.8. The van der Waals surface area contributed by atoms with E-state index in [0.717, 1.165) is 59.0 Å². The molecule has 9 heteroatoms. The molecular formula is C22H22N4O2S3. The molecule has 31 heavy (non-hydrogen) atoms. The minimum absolute atomic E-state index is 0.0458. The number of hydrogen-bond donors (Lipinski definition) is 2. The van der Waals surface area contributed by atoms with Crippen LogP contribution in [0.25, 0.3) is 20.4 Å². The number of nitrogens with one attached hydrogen (secondary N) is 2. The van der Waals surface area contributed by atoms with E-state index in [-0.39, 0.29) is 11.1 Å². The molecule has 0 radical (unpaired) electrons. The van der Waals surface area contributed by atoms with Gasteiger partial charge in [0.1, 0.15) is 15.5 Å². The molecule has 2 aliphatic carbocycles. The van der Waals surface area contributed by atoms with Crippen LogP contribution in [0.15, 0.2) is 14.7 Å². The number of aromatic nitrogens is 4. The van der Waals surface area contributed by atoms with Crippen LogP contribution in [0.1, 0.15) is 52.9 Å². The van der Waals surface area contributed by atoms with E-state index in [1.165, 1.54) is 39.1 Å². The van der Waals surface area contributed by atoms with Crippen LogP contribution in [-0.2, 0) is 31.4 Å². The Morgan fingerprint density at radius 3 is 2.52 bits per heavy atom. The quantitative estimate of drug-likeness (QED) is 0.338. The SMILES string of the molecule is CC1CCc2c(sc3nc(CSc4nc5sc6c(c5c(=O)[nH]4)CCCC6)[nH]c(=O)c23)C1. The molecule has 0 amide bonds. The zero-order valence-electron chi connectivity index (χ0n) is 17.2. The Hall–Kier alpha value is -1.97. The maximum atomic E-state index is 12.8. The first kappa shape index (κ1) is 19.7. The normalized spacial score (nSPS) is 18.4. The van der Waals surface area contributed by atoms with E-state index in [9.17, 15) is 9.59 Å². The van der Waals surface area contributed by atoms with Gasteiger partial charge >= 0.3 is 0 Å². The van der Waals surface area contributed by atoms with Crippen LogP contribution in [0, 0.1) is 5.92 Å². The largest absolute Gasteiger partial charge is 0.309 e. The number of rotatable bonds is 3. The average Bonchev–Trinajstić information content (AvgIpc) is 3.29. The van der Waals surface area contributed by atoms with E-state index in [1.807, 2.05) is 0 Å². The molecule has 6 nitrogen and oxygen atoms in total. The number of nitrogens with zero attached hydrogens (tertiary/aromatic N) is 2. The molecule has 6 rings (SSSR count). The van der Waals surface area contributed by atoms with E-state index in [2.05, 4.69) is 16.9 Å². The van der Waals surface area contributed by atoms with Gasteiger partial charge in [-0.1, -0.05) is 18.7 Å². The summed E-state index contributed by atoms with van der Waals surface area (Å²) < 4.78 is 0. The molecule has 0 saturated heterocycles. The highest BCUT2D eigenvalue weighted by Gasteiger charge is 2.23. The smallest absolute Gasteiger partial charge is 0.260 e. The Bertz CT molecular complexity index is 1450. The fraction of sp³-hybridized carbons (Fsp3) is 0.455. The molecule has 0 bridgehead atoms. The lowest BCUT2D eigenvalue weighted by Gasteiger charge is -2.17. The summed E-state index contributed by atoms with van der Waals surface area (Å²) in [6.07, 6.45) is 7.48. The van der Waals surface area contributed by atoms with Crippen molar-refractivity contribution in [3.63, 3.8) is 0 Å². The maximum absolute atomic E-state index is 12.8. The van der Waals surface area contributed by atoms with Crippen molar-refractivity contribution in [2.24, 2.45) is 5.92 Å². The van der Waals surface area contributed by atoms with Gasteiger partial charge in [-0.05, 0) is 62.0 Å². The third-order valence-corrected chi connectivity index (χ3v) is 9.58. The molecule has 2 aliphatic rings. The number of H-pyrrole nitrogens is 2. The molecule has 0 aromatic carbocycles. The predicted octanol–water partition coefficient (Wildman–Crippen LogP) is 4.58. The zero-order chi connectivity index (χ0) is 21.1. The lowest BCUT2D eigenvalue weighted by Crippen LogP contribution is -2.14. The number of aryl methyl sites for hydroxylation is 3. The third-order valence-electron chi connectivity index (χ3n) is 6.36. The van der Waals surface area contributed by atoms with E-state index < -0.39 is 0 Å². The second-order valence-electron chi connectivity index (χ2n) is 8.60. The topological polar surface area (TPSA) is 91.5 Å². The van der Waals surface area contributed by atoms with Crippen molar-refractivity contribution in [2.75, 3.05) is 0 Å². The monoisotopic (exact) mass is 470 g/mol. The first-order chi connectivity index (χ1) is 15.1. The average molecular weight is 471 g/mol. The van der Waals surface area contributed by atoms with Gasteiger partial charge in [0.25, 0.3) is 11.1 Å². The van der Waals surface area contributed by atoms with Gasteiger partial charge in [0, 0.05) is 9.75 Å². The molecule has 0 aliphatic heterocycles. The summed E-state index contributed by atoms with van der Waals surface area (Å²) >= 11 is 4.73. The lowest BCUT2D eigenvalue weighted by molar-refractivity contribution is 0.509. The van der Waals surface area contributed by atoms with Crippen LogP contribution in [-0.4, -0.2) is 19.9 Å². The van der Waals surface area contributed by atoms with Crippen LogP contribution in [0.5, 0.6) is 0 Å². The second kappa shape index (κ2) is 7.56. The number of fused-ring (bicyclic) bond motifs is 6. The van der Waals surface area contributed by atoms with Gasteiger partial charge in [-0.15, -0.1) is 22.7 Å². The van der Waals surface area contributed by atoms with Crippen LogP contribution < -0.4 is 11.1 Å². The fourth-order valence-electron chi connectivity index (χ4n) is 4.81. The summed E-state index contributed by atoms with van der Waals surface area (Å²) in [5, 5.41) is 2.13. The van der Waals surface area contributed by atoms with Gasteiger partial charge in [-0.2, -0.15) is 0 Å². The van der Waals surface area contributed by atoms with Gasteiger partial charge in [-0.25, -0.2) is 9.97 Å². The summed E-state index contributed by atoms with van der Waals surface area (Å²) in [6, 6.07) is 0. The Labute approximate surface area is 190 Å². The molecule has 0 fully saturated rings. The summed E-state index contributed by atoms with van der Waals surface area (Å²) in [5.41, 5.74) is 2.30. The van der Waals surface area contributed by atoms with E-state index >= 15 is 0 Å². The van der Waals surface area contributed by atoms with Crippen LogP contribution in [0.4, 0.5) is 0 Å². The number of thiophene rings is 2. The predicted molar refractivity (Wildman–Crippen MR) is 128 cm³/mol. The zero-order valence-corrected chi connectivity index (χ0v) is 19.6. The maximum Gasteiger partial charge on any atom is 0.260 e. The van der Waals surface area contributed by atoms with Crippen LogP contribution in [0.2, 0.25) is 0 Å².